The number of benzene rings is 3. The van der Waals surface area contributed by atoms with E-state index in [2.05, 4.69) is 63.7 Å². The van der Waals surface area contributed by atoms with Crippen LogP contribution in [-0.2, 0) is 6.54 Å². The maximum absolute atomic E-state index is 5.67. The fourth-order valence-electron chi connectivity index (χ4n) is 2.71. The number of rotatable bonds is 6. The van der Waals surface area contributed by atoms with Crippen LogP contribution in [0.5, 0.6) is 11.5 Å². The summed E-state index contributed by atoms with van der Waals surface area (Å²) >= 11 is 3.62. The molecule has 0 saturated carbocycles. The molecule has 3 aromatic carbocycles. The Morgan fingerprint density at radius 1 is 1.00 bits per heavy atom. The number of halogens is 1. The monoisotopic (exact) mass is 385 g/mol. The molecule has 24 heavy (non-hydrogen) atoms. The van der Waals surface area contributed by atoms with E-state index in [-0.39, 0.29) is 0 Å². The summed E-state index contributed by atoms with van der Waals surface area (Å²) in [4.78, 5) is 0. The average molecular weight is 386 g/mol. The highest BCUT2D eigenvalue weighted by Gasteiger charge is 2.10. The van der Waals surface area contributed by atoms with Crippen molar-refractivity contribution in [3.8, 4) is 11.5 Å². The van der Waals surface area contributed by atoms with Crippen molar-refractivity contribution in [3.63, 3.8) is 0 Å². The van der Waals surface area contributed by atoms with Gasteiger partial charge in [-0.3, -0.25) is 0 Å². The molecule has 0 aromatic heterocycles. The van der Waals surface area contributed by atoms with Crippen molar-refractivity contribution in [1.29, 1.82) is 0 Å². The van der Waals surface area contributed by atoms with Crippen LogP contribution in [0.25, 0.3) is 10.8 Å². The van der Waals surface area contributed by atoms with E-state index in [4.69, 9.17) is 9.47 Å². The molecule has 0 bridgehead atoms. The Morgan fingerprint density at radius 3 is 2.58 bits per heavy atom. The first-order valence-electron chi connectivity index (χ1n) is 7.93. The summed E-state index contributed by atoms with van der Waals surface area (Å²) < 4.78 is 12.0. The van der Waals surface area contributed by atoms with Crippen molar-refractivity contribution >= 4 is 32.4 Å². The summed E-state index contributed by atoms with van der Waals surface area (Å²) in [5.41, 5.74) is 2.24. The first kappa shape index (κ1) is 16.7. The first-order chi connectivity index (χ1) is 11.7. The average Bonchev–Trinajstić information content (AvgIpc) is 2.62. The van der Waals surface area contributed by atoms with Crippen LogP contribution >= 0.6 is 15.9 Å². The highest BCUT2D eigenvalue weighted by Crippen LogP contribution is 2.34. The van der Waals surface area contributed by atoms with Crippen LogP contribution in [-0.4, -0.2) is 13.7 Å². The van der Waals surface area contributed by atoms with Crippen molar-refractivity contribution < 1.29 is 9.47 Å². The second-order valence-corrected chi connectivity index (χ2v) is 6.26. The van der Waals surface area contributed by atoms with E-state index in [1.165, 1.54) is 10.8 Å². The number of fused-ring (bicyclic) bond motifs is 1. The Morgan fingerprint density at radius 2 is 1.79 bits per heavy atom. The smallest absolute Gasteiger partial charge is 0.161 e. The molecule has 0 aliphatic carbocycles. The Kier molecular flexibility index (Phi) is 5.26. The van der Waals surface area contributed by atoms with Gasteiger partial charge in [0.15, 0.2) is 11.5 Å². The molecule has 3 nitrogen and oxygen atoms in total. The first-order valence-corrected chi connectivity index (χ1v) is 8.73. The van der Waals surface area contributed by atoms with Crippen molar-refractivity contribution in [2.75, 3.05) is 19.0 Å². The van der Waals surface area contributed by atoms with Gasteiger partial charge in [0, 0.05) is 22.1 Å². The second-order valence-electron chi connectivity index (χ2n) is 5.41. The zero-order chi connectivity index (χ0) is 16.9. The van der Waals surface area contributed by atoms with Gasteiger partial charge >= 0.3 is 0 Å². The van der Waals surface area contributed by atoms with Gasteiger partial charge in [-0.05, 0) is 36.1 Å². The van der Waals surface area contributed by atoms with E-state index in [0.29, 0.717) is 13.2 Å². The molecule has 0 heterocycles. The van der Waals surface area contributed by atoms with Gasteiger partial charge < -0.3 is 14.8 Å². The predicted molar refractivity (Wildman–Crippen MR) is 103 cm³/mol. The van der Waals surface area contributed by atoms with Crippen LogP contribution in [0.1, 0.15) is 12.5 Å². The number of methoxy groups -OCH3 is 1. The third kappa shape index (κ3) is 3.49. The zero-order valence-corrected chi connectivity index (χ0v) is 15.4. The molecule has 1 N–H and O–H groups in total. The Labute approximate surface area is 150 Å². The summed E-state index contributed by atoms with van der Waals surface area (Å²) in [5.74, 6) is 1.50. The van der Waals surface area contributed by atoms with E-state index in [1.807, 2.05) is 19.1 Å². The van der Waals surface area contributed by atoms with Crippen LogP contribution in [0.3, 0.4) is 0 Å². The zero-order valence-electron chi connectivity index (χ0n) is 13.8. The van der Waals surface area contributed by atoms with Crippen LogP contribution < -0.4 is 14.8 Å². The highest BCUT2D eigenvalue weighted by molar-refractivity contribution is 9.10. The minimum absolute atomic E-state index is 0.605. The van der Waals surface area contributed by atoms with E-state index in [0.717, 1.165) is 27.2 Å². The molecule has 3 aromatic rings. The molecule has 4 heteroatoms. The van der Waals surface area contributed by atoms with Gasteiger partial charge in [0.1, 0.15) is 0 Å². The minimum atomic E-state index is 0.605. The fraction of sp³-hybridized carbons (Fsp3) is 0.200. The molecule has 0 atom stereocenters. The fourth-order valence-corrected chi connectivity index (χ4v) is 3.17. The molecule has 0 saturated heterocycles. The number of anilines is 1. The maximum Gasteiger partial charge on any atom is 0.161 e. The lowest BCUT2D eigenvalue weighted by Crippen LogP contribution is -2.03. The van der Waals surface area contributed by atoms with Gasteiger partial charge in [-0.15, -0.1) is 0 Å². The molecule has 3 rings (SSSR count). The van der Waals surface area contributed by atoms with Gasteiger partial charge in [-0.1, -0.05) is 52.3 Å². The Hall–Kier alpha value is -2.20. The predicted octanol–water partition coefficient (Wildman–Crippen LogP) is 5.62. The summed E-state index contributed by atoms with van der Waals surface area (Å²) in [7, 11) is 1.65. The standard InChI is InChI=1S/C20H20BrNO2/c1-3-24-20-11-15(17(21)12-19(20)23-2)13-22-18-10-6-8-14-7-4-5-9-16(14)18/h4-12,22H,3,13H2,1-2H3. The van der Waals surface area contributed by atoms with Gasteiger partial charge in [-0.25, -0.2) is 0 Å². The highest BCUT2D eigenvalue weighted by atomic mass is 79.9. The summed E-state index contributed by atoms with van der Waals surface area (Å²) in [5, 5.41) is 5.97. The number of hydrogen-bond donors (Lipinski definition) is 1. The number of ether oxygens (including phenoxy) is 2. The Balaban J connectivity index is 1.87. The van der Waals surface area contributed by atoms with E-state index in [1.54, 1.807) is 7.11 Å². The molecule has 0 aliphatic heterocycles. The van der Waals surface area contributed by atoms with Crippen LogP contribution in [0, 0.1) is 0 Å². The largest absolute Gasteiger partial charge is 0.493 e. The molecule has 0 radical (unpaired) electrons. The van der Waals surface area contributed by atoms with Crippen LogP contribution in [0.15, 0.2) is 59.1 Å². The third-order valence-electron chi connectivity index (χ3n) is 3.89. The summed E-state index contributed by atoms with van der Waals surface area (Å²) in [6.45, 7) is 3.27. The molecule has 124 valence electrons. The lowest BCUT2D eigenvalue weighted by Gasteiger charge is -2.15. The Bertz CT molecular complexity index is 843. The van der Waals surface area contributed by atoms with Gasteiger partial charge in [0.25, 0.3) is 0 Å². The van der Waals surface area contributed by atoms with Crippen molar-refractivity contribution in [1.82, 2.24) is 0 Å². The topological polar surface area (TPSA) is 30.5 Å². The van der Waals surface area contributed by atoms with Crippen molar-refractivity contribution in [2.45, 2.75) is 13.5 Å². The number of nitrogens with one attached hydrogen (secondary N) is 1. The van der Waals surface area contributed by atoms with E-state index in [9.17, 15) is 0 Å². The van der Waals surface area contributed by atoms with E-state index < -0.39 is 0 Å². The van der Waals surface area contributed by atoms with Crippen LogP contribution in [0.4, 0.5) is 5.69 Å². The molecular formula is C20H20BrNO2. The number of hydrogen-bond acceptors (Lipinski definition) is 3. The van der Waals surface area contributed by atoms with Gasteiger partial charge in [0.2, 0.25) is 0 Å². The molecule has 0 unspecified atom stereocenters. The molecule has 0 fully saturated rings. The lowest BCUT2D eigenvalue weighted by atomic mass is 10.1. The van der Waals surface area contributed by atoms with E-state index >= 15 is 0 Å². The summed E-state index contributed by atoms with van der Waals surface area (Å²) in [6.07, 6.45) is 0. The molecular weight excluding hydrogens is 366 g/mol. The second kappa shape index (κ2) is 7.58. The van der Waals surface area contributed by atoms with Gasteiger partial charge in [-0.2, -0.15) is 0 Å². The quantitative estimate of drug-likeness (QED) is 0.596. The molecule has 0 amide bonds. The minimum Gasteiger partial charge on any atom is -0.493 e. The normalized spacial score (nSPS) is 10.6. The van der Waals surface area contributed by atoms with Gasteiger partial charge in [0.05, 0.1) is 13.7 Å². The third-order valence-corrected chi connectivity index (χ3v) is 4.63. The lowest BCUT2D eigenvalue weighted by molar-refractivity contribution is 0.310. The van der Waals surface area contributed by atoms with Crippen molar-refractivity contribution in [3.05, 3.63) is 64.6 Å². The summed E-state index contributed by atoms with van der Waals surface area (Å²) in [6, 6.07) is 18.6. The molecule has 0 aliphatic rings. The maximum atomic E-state index is 5.67. The van der Waals surface area contributed by atoms with Crippen molar-refractivity contribution in [2.24, 2.45) is 0 Å². The van der Waals surface area contributed by atoms with Crippen LogP contribution in [0.2, 0.25) is 0 Å². The molecule has 0 spiro atoms. The SMILES string of the molecule is CCOc1cc(CNc2cccc3ccccc23)c(Br)cc1OC.